The fourth-order valence-corrected chi connectivity index (χ4v) is 1.56. The molecule has 0 spiro atoms. The lowest BCUT2D eigenvalue weighted by Crippen LogP contribution is -2.03. The second-order valence-electron chi connectivity index (χ2n) is 3.29. The van der Waals surface area contributed by atoms with E-state index in [4.69, 9.17) is 17.3 Å². The molecule has 0 bridgehead atoms. The van der Waals surface area contributed by atoms with Gasteiger partial charge < -0.3 is 10.1 Å². The number of carboxylic acids is 1. The zero-order valence-corrected chi connectivity index (χ0v) is 9.29. The number of carbonyl (C=O) groups is 1. The summed E-state index contributed by atoms with van der Waals surface area (Å²) in [4.78, 5) is 17.4. The second-order valence-corrected chi connectivity index (χ2v) is 3.68. The van der Waals surface area contributed by atoms with Gasteiger partial charge in [-0.2, -0.15) is 0 Å². The highest BCUT2D eigenvalue weighted by Gasteiger charge is 2.12. The van der Waals surface area contributed by atoms with Crippen LogP contribution in [-0.4, -0.2) is 21.0 Å². The number of rotatable bonds is 2. The van der Waals surface area contributed by atoms with Crippen LogP contribution in [0.25, 0.3) is 11.3 Å². The maximum atomic E-state index is 12.8. The Bertz CT molecular complexity index is 622. The molecule has 0 saturated heterocycles. The molecule has 2 N–H and O–H groups in total. The monoisotopic (exact) mass is 250 g/mol. The fraction of sp³-hybridized carbons (Fsp3) is 0. The topological polar surface area (TPSA) is 66.0 Å². The average molecular weight is 250 g/mol. The first-order valence-electron chi connectivity index (χ1n) is 4.66. The van der Waals surface area contributed by atoms with Crippen LogP contribution in [0.5, 0.6) is 0 Å². The van der Waals surface area contributed by atoms with E-state index in [9.17, 15) is 9.18 Å². The lowest BCUT2D eigenvalue weighted by atomic mass is 10.1. The lowest BCUT2D eigenvalue weighted by Gasteiger charge is -2.05. The number of aromatic nitrogens is 2. The predicted molar refractivity (Wildman–Crippen MR) is 61.8 cm³/mol. The standard InChI is InChI=1S/C11H7FN2O2S/c12-7-3-1-6(2-4-7)9-8(10(15)16)5-13-11(17)14-9/h1-5H,(H,15,16)(H,13,14,17). The van der Waals surface area contributed by atoms with Crippen molar-refractivity contribution in [2.45, 2.75) is 0 Å². The lowest BCUT2D eigenvalue weighted by molar-refractivity contribution is 0.0697. The van der Waals surface area contributed by atoms with E-state index < -0.39 is 11.8 Å². The summed E-state index contributed by atoms with van der Waals surface area (Å²) in [6, 6.07) is 5.45. The first-order chi connectivity index (χ1) is 8.08. The molecule has 0 radical (unpaired) electrons. The summed E-state index contributed by atoms with van der Waals surface area (Å²) in [6.45, 7) is 0. The highest BCUT2D eigenvalue weighted by molar-refractivity contribution is 7.71. The van der Waals surface area contributed by atoms with Gasteiger partial charge >= 0.3 is 5.97 Å². The Morgan fingerprint density at radius 2 is 2.00 bits per heavy atom. The summed E-state index contributed by atoms with van der Waals surface area (Å²) in [6.07, 6.45) is 1.18. The molecule has 6 heteroatoms. The molecule has 0 fully saturated rings. The van der Waals surface area contributed by atoms with Crippen LogP contribution in [0.4, 0.5) is 4.39 Å². The minimum atomic E-state index is -1.12. The highest BCUT2D eigenvalue weighted by atomic mass is 32.1. The molecule has 0 atom stereocenters. The van der Waals surface area contributed by atoms with Crippen molar-refractivity contribution >= 4 is 18.2 Å². The van der Waals surface area contributed by atoms with Gasteiger partial charge in [-0.15, -0.1) is 0 Å². The molecule has 86 valence electrons. The van der Waals surface area contributed by atoms with Gasteiger partial charge in [0.25, 0.3) is 0 Å². The largest absolute Gasteiger partial charge is 0.478 e. The van der Waals surface area contributed by atoms with Crippen molar-refractivity contribution in [2.24, 2.45) is 0 Å². The van der Waals surface area contributed by atoms with Crippen molar-refractivity contribution in [1.29, 1.82) is 0 Å². The Labute approximate surface area is 101 Å². The van der Waals surface area contributed by atoms with Crippen molar-refractivity contribution in [3.63, 3.8) is 0 Å². The third kappa shape index (κ3) is 2.36. The number of carboxylic acid groups (broad SMARTS) is 1. The van der Waals surface area contributed by atoms with E-state index in [0.29, 0.717) is 11.3 Å². The van der Waals surface area contributed by atoms with Gasteiger partial charge in [-0.05, 0) is 42.0 Å². The number of aromatic carboxylic acids is 1. The van der Waals surface area contributed by atoms with Crippen LogP contribution in [-0.2, 0) is 0 Å². The van der Waals surface area contributed by atoms with E-state index in [2.05, 4.69) is 9.97 Å². The molecule has 0 amide bonds. The van der Waals surface area contributed by atoms with Gasteiger partial charge in [0.2, 0.25) is 0 Å². The third-order valence-corrected chi connectivity index (χ3v) is 2.38. The molecule has 0 aliphatic rings. The van der Waals surface area contributed by atoms with E-state index in [-0.39, 0.29) is 10.3 Å². The SMILES string of the molecule is O=C(O)c1cnc(=S)[nH]c1-c1ccc(F)cc1. The Balaban J connectivity index is 2.64. The van der Waals surface area contributed by atoms with Crippen LogP contribution in [0.3, 0.4) is 0 Å². The minimum Gasteiger partial charge on any atom is -0.478 e. The molecule has 0 aliphatic heterocycles. The summed E-state index contributed by atoms with van der Waals surface area (Å²) in [5, 5.41) is 9.00. The van der Waals surface area contributed by atoms with E-state index in [1.807, 2.05) is 0 Å². The first-order valence-corrected chi connectivity index (χ1v) is 5.07. The summed E-state index contributed by atoms with van der Waals surface area (Å²) in [5.41, 5.74) is 0.847. The van der Waals surface area contributed by atoms with E-state index >= 15 is 0 Å². The zero-order chi connectivity index (χ0) is 12.4. The van der Waals surface area contributed by atoms with E-state index in [1.165, 1.54) is 30.5 Å². The molecule has 0 aliphatic carbocycles. The number of benzene rings is 1. The molecule has 1 aromatic heterocycles. The van der Waals surface area contributed by atoms with Gasteiger partial charge in [-0.25, -0.2) is 14.2 Å². The number of aromatic amines is 1. The quantitative estimate of drug-likeness (QED) is 0.804. The van der Waals surface area contributed by atoms with Crippen LogP contribution in [0.1, 0.15) is 10.4 Å². The first kappa shape index (κ1) is 11.4. The smallest absolute Gasteiger partial charge is 0.339 e. The molecule has 1 aromatic carbocycles. The van der Waals surface area contributed by atoms with Crippen molar-refractivity contribution in [1.82, 2.24) is 9.97 Å². The van der Waals surface area contributed by atoms with Crippen LogP contribution >= 0.6 is 12.2 Å². The number of nitrogens with one attached hydrogen (secondary N) is 1. The molecule has 0 saturated carbocycles. The Hall–Kier alpha value is -2.08. The average Bonchev–Trinajstić information content (AvgIpc) is 2.29. The number of hydrogen-bond acceptors (Lipinski definition) is 3. The normalized spacial score (nSPS) is 10.2. The second kappa shape index (κ2) is 4.42. The Morgan fingerprint density at radius 3 is 2.59 bits per heavy atom. The molecular formula is C11H7FN2O2S. The third-order valence-electron chi connectivity index (χ3n) is 2.18. The molecule has 2 aromatic rings. The van der Waals surface area contributed by atoms with E-state index in [1.54, 1.807) is 0 Å². The van der Waals surface area contributed by atoms with Crippen molar-refractivity contribution < 1.29 is 14.3 Å². The summed E-state index contributed by atoms with van der Waals surface area (Å²) in [7, 11) is 0. The van der Waals surface area contributed by atoms with Crippen LogP contribution in [0.2, 0.25) is 0 Å². The molecule has 17 heavy (non-hydrogen) atoms. The number of nitrogens with zero attached hydrogens (tertiary/aromatic N) is 1. The van der Waals surface area contributed by atoms with Gasteiger partial charge in [-0.1, -0.05) is 0 Å². The van der Waals surface area contributed by atoms with Gasteiger partial charge in [-0.3, -0.25) is 0 Å². The fourth-order valence-electron chi connectivity index (χ4n) is 1.40. The number of halogens is 1. The highest BCUT2D eigenvalue weighted by Crippen LogP contribution is 2.20. The molecule has 1 heterocycles. The van der Waals surface area contributed by atoms with Gasteiger partial charge in [0.05, 0.1) is 5.69 Å². The minimum absolute atomic E-state index is 0.00907. The van der Waals surface area contributed by atoms with Gasteiger partial charge in [0, 0.05) is 6.20 Å². The molecular weight excluding hydrogens is 243 g/mol. The summed E-state index contributed by atoms with van der Waals surface area (Å²) in [5.74, 6) is -1.51. The Kier molecular flexibility index (Phi) is 2.97. The molecule has 2 rings (SSSR count). The summed E-state index contributed by atoms with van der Waals surface area (Å²) < 4.78 is 13.0. The zero-order valence-electron chi connectivity index (χ0n) is 8.48. The van der Waals surface area contributed by atoms with Crippen molar-refractivity contribution in [3.05, 3.63) is 46.6 Å². The maximum Gasteiger partial charge on any atom is 0.339 e. The van der Waals surface area contributed by atoms with E-state index in [0.717, 1.165) is 0 Å². The van der Waals surface area contributed by atoms with Gasteiger partial charge in [0.15, 0.2) is 4.77 Å². The predicted octanol–water partition coefficient (Wildman–Crippen LogP) is 2.64. The number of hydrogen-bond donors (Lipinski definition) is 2. The number of H-pyrrole nitrogens is 1. The van der Waals surface area contributed by atoms with Crippen LogP contribution < -0.4 is 0 Å². The molecule has 0 unspecified atom stereocenters. The van der Waals surface area contributed by atoms with Crippen molar-refractivity contribution in [3.8, 4) is 11.3 Å². The maximum absolute atomic E-state index is 12.8. The Morgan fingerprint density at radius 1 is 1.35 bits per heavy atom. The van der Waals surface area contributed by atoms with Crippen LogP contribution in [0.15, 0.2) is 30.5 Å². The van der Waals surface area contributed by atoms with Gasteiger partial charge in [0.1, 0.15) is 11.4 Å². The summed E-state index contributed by atoms with van der Waals surface area (Å²) >= 11 is 4.84. The van der Waals surface area contributed by atoms with Crippen molar-refractivity contribution in [2.75, 3.05) is 0 Å². The van der Waals surface area contributed by atoms with Crippen LogP contribution in [0, 0.1) is 10.6 Å². The molecule has 4 nitrogen and oxygen atoms in total.